The number of phenolic OH excluding ortho intramolecular Hbond substituents is 1. The molecule has 4 rings (SSSR count). The molecule has 222 valence electrons. The third kappa shape index (κ3) is 5.32. The molecule has 14 nitrogen and oxygen atoms in total. The fraction of sp³-hybridized carbons (Fsp3) is 0.444. The molecule has 2 aromatic carbocycles. The molecule has 0 aromatic heterocycles. The SMILES string of the molecule is CN=C(N)NC(CCO)c1c(C)cc2c(c1O)C(=O)c1c(OC3OC(CO)C(O)C(O)C3O)cc(OC)cc1C2=O. The first-order valence-corrected chi connectivity index (χ1v) is 12.7. The number of methoxy groups -OCH3 is 1. The number of hydrogen-bond acceptors (Lipinski definition) is 12. The second kappa shape index (κ2) is 12.0. The highest BCUT2D eigenvalue weighted by Crippen LogP contribution is 2.44. The molecule has 41 heavy (non-hydrogen) atoms. The Labute approximate surface area is 234 Å². The van der Waals surface area contributed by atoms with E-state index >= 15 is 0 Å². The number of nitrogens with zero attached hydrogens (tertiary/aromatic N) is 1. The Hall–Kier alpha value is -3.79. The monoisotopic (exact) mass is 575 g/mol. The summed E-state index contributed by atoms with van der Waals surface area (Å²) in [5.41, 5.74) is 5.72. The highest BCUT2D eigenvalue weighted by molar-refractivity contribution is 6.30. The minimum absolute atomic E-state index is 0.0232. The predicted molar refractivity (Wildman–Crippen MR) is 142 cm³/mol. The molecule has 0 bridgehead atoms. The number of aromatic hydroxyl groups is 1. The zero-order valence-electron chi connectivity index (χ0n) is 22.6. The molecule has 14 heteroatoms. The fourth-order valence-corrected chi connectivity index (χ4v) is 5.10. The molecule has 6 unspecified atom stereocenters. The summed E-state index contributed by atoms with van der Waals surface area (Å²) < 4.78 is 16.5. The predicted octanol–water partition coefficient (Wildman–Crippen LogP) is -1.38. The van der Waals surface area contributed by atoms with Crippen molar-refractivity contribution in [1.29, 1.82) is 0 Å². The number of aliphatic hydroxyl groups excluding tert-OH is 5. The van der Waals surface area contributed by atoms with Crippen LogP contribution in [0.15, 0.2) is 23.2 Å². The number of hydrogen-bond donors (Lipinski definition) is 8. The Morgan fingerprint density at radius 3 is 2.37 bits per heavy atom. The van der Waals surface area contributed by atoms with Gasteiger partial charge in [0.15, 0.2) is 11.7 Å². The summed E-state index contributed by atoms with van der Waals surface area (Å²) in [6, 6.07) is 3.28. The third-order valence-corrected chi connectivity index (χ3v) is 7.22. The van der Waals surface area contributed by atoms with Crippen molar-refractivity contribution >= 4 is 17.5 Å². The van der Waals surface area contributed by atoms with E-state index < -0.39 is 60.7 Å². The van der Waals surface area contributed by atoms with Crippen LogP contribution in [0.3, 0.4) is 0 Å². The maximum absolute atomic E-state index is 14.0. The molecule has 2 aliphatic rings. The zero-order valence-corrected chi connectivity index (χ0v) is 22.6. The van der Waals surface area contributed by atoms with Crippen LogP contribution >= 0.6 is 0 Å². The summed E-state index contributed by atoms with van der Waals surface area (Å²) >= 11 is 0. The molecule has 9 N–H and O–H groups in total. The average Bonchev–Trinajstić information content (AvgIpc) is 2.95. The summed E-state index contributed by atoms with van der Waals surface area (Å²) in [6.45, 7) is 0.627. The van der Waals surface area contributed by atoms with Crippen molar-refractivity contribution in [3.8, 4) is 17.2 Å². The van der Waals surface area contributed by atoms with Gasteiger partial charge in [0.2, 0.25) is 12.1 Å². The van der Waals surface area contributed by atoms with Gasteiger partial charge in [-0.05, 0) is 31.0 Å². The van der Waals surface area contributed by atoms with E-state index in [9.17, 15) is 40.2 Å². The number of aliphatic hydroxyl groups is 5. The summed E-state index contributed by atoms with van der Waals surface area (Å²) in [7, 11) is 2.77. The third-order valence-electron chi connectivity index (χ3n) is 7.22. The van der Waals surface area contributed by atoms with E-state index in [0.29, 0.717) is 5.56 Å². The van der Waals surface area contributed by atoms with Crippen LogP contribution in [-0.4, -0.2) is 106 Å². The number of nitrogens with one attached hydrogen (secondary N) is 1. The Balaban J connectivity index is 1.85. The second-order valence-electron chi connectivity index (χ2n) is 9.72. The number of ketones is 2. The standard InChI is InChI=1S/C27H33N3O11/c1-10-6-12-19(22(35)17(10)14(4-5-31)30-27(28)29-2)23(36)18-13(20(12)33)7-11(39-3)8-15(18)40-26-25(38)24(37)21(34)16(9-32)41-26/h6-8,14,16,21,24-26,31-32,34-35,37-38H,4-5,9H2,1-3H3,(H3,28,29,30). The molecule has 1 aliphatic heterocycles. The van der Waals surface area contributed by atoms with Gasteiger partial charge in [0, 0.05) is 36.4 Å². The molecular formula is C27H33N3O11. The molecule has 0 radical (unpaired) electrons. The van der Waals surface area contributed by atoms with Gasteiger partial charge in [0.05, 0.1) is 30.9 Å². The first-order valence-electron chi connectivity index (χ1n) is 12.7. The van der Waals surface area contributed by atoms with Gasteiger partial charge in [-0.25, -0.2) is 0 Å². The van der Waals surface area contributed by atoms with Crippen molar-refractivity contribution in [3.05, 3.63) is 51.6 Å². The molecule has 0 amide bonds. The van der Waals surface area contributed by atoms with Gasteiger partial charge in [-0.3, -0.25) is 14.6 Å². The number of benzene rings is 2. The van der Waals surface area contributed by atoms with Gasteiger partial charge in [-0.15, -0.1) is 0 Å². The smallest absolute Gasteiger partial charge is 0.229 e. The van der Waals surface area contributed by atoms with Gasteiger partial charge < -0.3 is 55.9 Å². The summed E-state index contributed by atoms with van der Waals surface area (Å²) in [4.78, 5) is 31.5. The van der Waals surface area contributed by atoms with Crippen LogP contribution in [0.4, 0.5) is 0 Å². The van der Waals surface area contributed by atoms with Gasteiger partial charge in [-0.1, -0.05) is 0 Å². The number of ether oxygens (including phenoxy) is 3. The topological polar surface area (TPSA) is 234 Å². The molecule has 0 saturated carbocycles. The van der Waals surface area contributed by atoms with Crippen LogP contribution in [0.5, 0.6) is 17.2 Å². The first-order chi connectivity index (χ1) is 19.5. The van der Waals surface area contributed by atoms with Crippen molar-refractivity contribution < 1.29 is 54.4 Å². The zero-order chi connectivity index (χ0) is 30.2. The van der Waals surface area contributed by atoms with Crippen LogP contribution in [0.2, 0.25) is 0 Å². The number of aryl methyl sites for hydroxylation is 1. The number of aliphatic imine (C=N–C) groups is 1. The molecule has 6 atom stereocenters. The molecule has 1 saturated heterocycles. The largest absolute Gasteiger partial charge is 0.507 e. The highest BCUT2D eigenvalue weighted by Gasteiger charge is 2.46. The quantitative estimate of drug-likeness (QED) is 0.114. The van der Waals surface area contributed by atoms with Crippen molar-refractivity contribution in [2.45, 2.75) is 50.1 Å². The maximum Gasteiger partial charge on any atom is 0.229 e. The van der Waals surface area contributed by atoms with E-state index in [0.717, 1.165) is 0 Å². The van der Waals surface area contributed by atoms with E-state index in [1.807, 2.05) is 0 Å². The lowest BCUT2D eigenvalue weighted by Gasteiger charge is -2.39. The van der Waals surface area contributed by atoms with Crippen molar-refractivity contribution in [2.24, 2.45) is 10.7 Å². The van der Waals surface area contributed by atoms with Crippen LogP contribution in [-0.2, 0) is 4.74 Å². The minimum atomic E-state index is -1.80. The Bertz CT molecular complexity index is 1380. The first kappa shape index (κ1) is 30.2. The van der Waals surface area contributed by atoms with Crippen molar-refractivity contribution in [1.82, 2.24) is 5.32 Å². The molecule has 2 aromatic rings. The average molecular weight is 576 g/mol. The maximum atomic E-state index is 14.0. The van der Waals surface area contributed by atoms with E-state index in [1.54, 1.807) is 6.92 Å². The Kier molecular flexibility index (Phi) is 8.82. The summed E-state index contributed by atoms with van der Waals surface area (Å²) in [6.07, 6.45) is -8.06. The minimum Gasteiger partial charge on any atom is -0.507 e. The number of phenols is 1. The Morgan fingerprint density at radius 2 is 1.76 bits per heavy atom. The van der Waals surface area contributed by atoms with Gasteiger partial charge in [0.25, 0.3) is 0 Å². The number of carbonyl (C=O) groups is 2. The van der Waals surface area contributed by atoms with E-state index in [4.69, 9.17) is 19.9 Å². The highest BCUT2D eigenvalue weighted by atomic mass is 16.7. The summed E-state index contributed by atoms with van der Waals surface area (Å²) in [5, 5.41) is 64.2. The molecule has 1 fully saturated rings. The molecule has 0 spiro atoms. The van der Waals surface area contributed by atoms with E-state index in [-0.39, 0.29) is 58.3 Å². The number of guanidine groups is 1. The normalized spacial score (nSPS) is 24.9. The van der Waals surface area contributed by atoms with E-state index in [1.165, 1.54) is 32.4 Å². The van der Waals surface area contributed by atoms with Crippen LogP contribution in [0.25, 0.3) is 0 Å². The van der Waals surface area contributed by atoms with Gasteiger partial charge >= 0.3 is 0 Å². The van der Waals surface area contributed by atoms with Gasteiger partial charge in [0.1, 0.15) is 41.7 Å². The number of nitrogens with two attached hydrogens (primary N) is 1. The second-order valence-corrected chi connectivity index (χ2v) is 9.72. The molecular weight excluding hydrogens is 542 g/mol. The lowest BCUT2D eigenvalue weighted by atomic mass is 9.79. The lowest BCUT2D eigenvalue weighted by molar-refractivity contribution is -0.277. The van der Waals surface area contributed by atoms with Crippen molar-refractivity contribution in [2.75, 3.05) is 27.4 Å². The summed E-state index contributed by atoms with van der Waals surface area (Å²) in [5.74, 6) is -2.06. The van der Waals surface area contributed by atoms with Crippen molar-refractivity contribution in [3.63, 3.8) is 0 Å². The van der Waals surface area contributed by atoms with Crippen LogP contribution in [0, 0.1) is 6.92 Å². The molecule has 1 aliphatic carbocycles. The Morgan fingerprint density at radius 1 is 1.07 bits per heavy atom. The number of rotatable bonds is 8. The molecule has 1 heterocycles. The van der Waals surface area contributed by atoms with Crippen LogP contribution < -0.4 is 20.5 Å². The van der Waals surface area contributed by atoms with Gasteiger partial charge in [-0.2, -0.15) is 0 Å². The lowest BCUT2D eigenvalue weighted by Crippen LogP contribution is -2.60. The fourth-order valence-electron chi connectivity index (χ4n) is 5.10. The van der Waals surface area contributed by atoms with Crippen LogP contribution in [0.1, 0.15) is 55.4 Å². The van der Waals surface area contributed by atoms with E-state index in [2.05, 4.69) is 10.3 Å². The number of carbonyl (C=O) groups excluding carboxylic acids is 2. The number of fused-ring (bicyclic) bond motifs is 2.